The maximum atomic E-state index is 10.0. The minimum Gasteiger partial charge on any atom is -0.507 e. The van der Waals surface area contributed by atoms with E-state index in [1.807, 2.05) is 19.1 Å². The van der Waals surface area contributed by atoms with E-state index in [1.165, 1.54) is 0 Å². The third kappa shape index (κ3) is 3.27. The predicted molar refractivity (Wildman–Crippen MR) is 90.8 cm³/mol. The Balaban J connectivity index is 3.30. The molecular weight excluding hydrogens is 260 g/mol. The van der Waals surface area contributed by atoms with Gasteiger partial charge in [0.1, 0.15) is 13.8 Å². The highest BCUT2D eigenvalue weighted by Gasteiger charge is 2.41. The van der Waals surface area contributed by atoms with E-state index in [0.29, 0.717) is 22.4 Å². The van der Waals surface area contributed by atoms with Gasteiger partial charge in [0.15, 0.2) is 0 Å². The van der Waals surface area contributed by atoms with Crippen molar-refractivity contribution in [1.29, 1.82) is 0 Å². The summed E-state index contributed by atoms with van der Waals surface area (Å²) in [5, 5.41) is 10.0. The lowest BCUT2D eigenvalue weighted by Gasteiger charge is -2.38. The van der Waals surface area contributed by atoms with Gasteiger partial charge in [-0.2, -0.15) is 0 Å². The summed E-state index contributed by atoms with van der Waals surface area (Å²) in [4.78, 5) is 0. The number of aryl methyl sites for hydroxylation is 1. The van der Waals surface area contributed by atoms with E-state index in [9.17, 15) is 5.11 Å². The molecule has 0 heterocycles. The number of rotatable bonds is 3. The van der Waals surface area contributed by atoms with Gasteiger partial charge in [0.05, 0.1) is 5.56 Å². The molecule has 20 heavy (non-hydrogen) atoms. The first-order valence-corrected chi connectivity index (χ1v) is 9.77. The zero-order valence-corrected chi connectivity index (χ0v) is 14.9. The van der Waals surface area contributed by atoms with E-state index in [2.05, 4.69) is 53.0 Å². The van der Waals surface area contributed by atoms with Crippen LogP contribution in [0, 0.1) is 18.4 Å². The second kappa shape index (κ2) is 6.50. The summed E-state index contributed by atoms with van der Waals surface area (Å²) in [6, 6.07) is 5.72. The van der Waals surface area contributed by atoms with E-state index < -0.39 is 8.07 Å². The summed E-state index contributed by atoms with van der Waals surface area (Å²) in [7, 11) is -1.72. The van der Waals surface area contributed by atoms with Crippen molar-refractivity contribution in [2.45, 2.75) is 65.1 Å². The van der Waals surface area contributed by atoms with Crippen molar-refractivity contribution in [3.8, 4) is 17.2 Å². The SMILES string of the molecule is Cc1ccc(C#C[Si](C(C)C)(C(C)C)C(C)C)c(O)c1. The minimum atomic E-state index is -1.72. The van der Waals surface area contributed by atoms with Gasteiger partial charge in [0.2, 0.25) is 0 Å². The maximum Gasteiger partial charge on any atom is 0.146 e. The van der Waals surface area contributed by atoms with Crippen LogP contribution in [0.5, 0.6) is 5.75 Å². The van der Waals surface area contributed by atoms with Crippen molar-refractivity contribution in [1.82, 2.24) is 0 Å². The summed E-state index contributed by atoms with van der Waals surface area (Å²) in [5.41, 5.74) is 7.30. The van der Waals surface area contributed by atoms with Crippen LogP contribution in [0.1, 0.15) is 52.7 Å². The van der Waals surface area contributed by atoms with Gasteiger partial charge in [0, 0.05) is 0 Å². The molecule has 0 fully saturated rings. The van der Waals surface area contributed by atoms with Crippen LogP contribution in [0.4, 0.5) is 0 Å². The predicted octanol–water partition coefficient (Wildman–Crippen LogP) is 5.27. The normalized spacial score (nSPS) is 11.9. The standard InChI is InChI=1S/C18H28OSi/c1-13(2)20(14(3)4,15(5)6)11-10-17-9-8-16(7)12-18(17)19/h8-9,12-15,19H,1-7H3. The Hall–Kier alpha value is -1.20. The van der Waals surface area contributed by atoms with E-state index >= 15 is 0 Å². The molecular formula is C18H28OSi. The summed E-state index contributed by atoms with van der Waals surface area (Å²) >= 11 is 0. The van der Waals surface area contributed by atoms with E-state index in [-0.39, 0.29) is 0 Å². The van der Waals surface area contributed by atoms with Crippen molar-refractivity contribution in [3.63, 3.8) is 0 Å². The molecule has 1 rings (SSSR count). The molecule has 2 heteroatoms. The fourth-order valence-electron chi connectivity index (χ4n) is 3.36. The van der Waals surface area contributed by atoms with Gasteiger partial charge in [-0.25, -0.2) is 0 Å². The Bertz CT molecular complexity index is 496. The van der Waals surface area contributed by atoms with Crippen molar-refractivity contribution in [2.24, 2.45) is 0 Å². The molecule has 0 radical (unpaired) electrons. The fourth-order valence-corrected chi connectivity index (χ4v) is 8.57. The highest BCUT2D eigenvalue weighted by molar-refractivity contribution is 6.90. The van der Waals surface area contributed by atoms with Crippen LogP contribution < -0.4 is 0 Å². The molecule has 0 bridgehead atoms. The molecule has 0 saturated carbocycles. The summed E-state index contributed by atoms with van der Waals surface area (Å²) in [5.74, 6) is 3.59. The lowest BCUT2D eigenvalue weighted by Crippen LogP contribution is -2.43. The summed E-state index contributed by atoms with van der Waals surface area (Å²) < 4.78 is 0. The molecule has 1 aromatic rings. The highest BCUT2D eigenvalue weighted by atomic mass is 28.3. The number of phenols is 1. The Morgan fingerprint density at radius 2 is 1.45 bits per heavy atom. The van der Waals surface area contributed by atoms with E-state index in [4.69, 9.17) is 0 Å². The largest absolute Gasteiger partial charge is 0.507 e. The molecule has 0 aliphatic heterocycles. The molecule has 0 aliphatic rings. The first-order chi connectivity index (χ1) is 9.21. The van der Waals surface area contributed by atoms with Crippen LogP contribution in [0.3, 0.4) is 0 Å². The van der Waals surface area contributed by atoms with Gasteiger partial charge in [-0.1, -0.05) is 53.5 Å². The molecule has 0 spiro atoms. The van der Waals surface area contributed by atoms with Crippen LogP contribution in [-0.4, -0.2) is 13.2 Å². The first-order valence-electron chi connectivity index (χ1n) is 7.54. The molecule has 1 aromatic carbocycles. The minimum absolute atomic E-state index is 0.302. The quantitative estimate of drug-likeness (QED) is 0.593. The molecule has 1 N–H and O–H groups in total. The lowest BCUT2D eigenvalue weighted by molar-refractivity contribution is 0.473. The zero-order chi connectivity index (χ0) is 15.5. The molecule has 1 nitrogen and oxygen atoms in total. The smallest absolute Gasteiger partial charge is 0.146 e. The van der Waals surface area contributed by atoms with Gasteiger partial charge in [-0.3, -0.25) is 0 Å². The summed E-state index contributed by atoms with van der Waals surface area (Å²) in [6.07, 6.45) is 0. The number of hydrogen-bond acceptors (Lipinski definition) is 1. The number of hydrogen-bond donors (Lipinski definition) is 1. The zero-order valence-electron chi connectivity index (χ0n) is 13.9. The molecule has 0 unspecified atom stereocenters. The van der Waals surface area contributed by atoms with Gasteiger partial charge >= 0.3 is 0 Å². The topological polar surface area (TPSA) is 20.2 Å². The first kappa shape index (κ1) is 16.9. The average Bonchev–Trinajstić information content (AvgIpc) is 2.30. The average molecular weight is 289 g/mol. The number of benzene rings is 1. The molecule has 110 valence electrons. The Morgan fingerprint density at radius 3 is 1.85 bits per heavy atom. The van der Waals surface area contributed by atoms with E-state index in [1.54, 1.807) is 6.07 Å². The second-order valence-corrected chi connectivity index (χ2v) is 12.2. The van der Waals surface area contributed by atoms with Crippen molar-refractivity contribution >= 4 is 8.07 Å². The van der Waals surface area contributed by atoms with Gasteiger partial charge in [0.25, 0.3) is 0 Å². The number of phenolic OH excluding ortho intramolecular Hbond substituents is 1. The fraction of sp³-hybridized carbons (Fsp3) is 0.556. The summed E-state index contributed by atoms with van der Waals surface area (Å²) in [6.45, 7) is 15.8. The molecule has 0 aliphatic carbocycles. The Morgan fingerprint density at radius 1 is 0.950 bits per heavy atom. The van der Waals surface area contributed by atoms with Crippen molar-refractivity contribution < 1.29 is 5.11 Å². The Labute approximate surface area is 125 Å². The third-order valence-corrected chi connectivity index (χ3v) is 10.7. The monoisotopic (exact) mass is 288 g/mol. The molecule has 0 aromatic heterocycles. The van der Waals surface area contributed by atoms with Crippen LogP contribution >= 0.6 is 0 Å². The molecule has 0 saturated heterocycles. The van der Waals surface area contributed by atoms with Crippen LogP contribution in [0.25, 0.3) is 0 Å². The van der Waals surface area contributed by atoms with Crippen LogP contribution in [0.15, 0.2) is 18.2 Å². The van der Waals surface area contributed by atoms with Gasteiger partial charge < -0.3 is 5.11 Å². The maximum absolute atomic E-state index is 10.0. The number of aromatic hydroxyl groups is 1. The molecule has 0 atom stereocenters. The molecule has 0 amide bonds. The third-order valence-electron chi connectivity index (χ3n) is 4.43. The Kier molecular flexibility index (Phi) is 5.47. The van der Waals surface area contributed by atoms with Gasteiger partial charge in [-0.05, 0) is 41.2 Å². The second-order valence-electron chi connectivity index (χ2n) is 6.67. The van der Waals surface area contributed by atoms with Crippen molar-refractivity contribution in [3.05, 3.63) is 29.3 Å². The highest BCUT2D eigenvalue weighted by Crippen LogP contribution is 2.40. The van der Waals surface area contributed by atoms with Crippen LogP contribution in [0.2, 0.25) is 16.6 Å². The van der Waals surface area contributed by atoms with E-state index in [0.717, 1.165) is 11.1 Å². The van der Waals surface area contributed by atoms with Crippen molar-refractivity contribution in [2.75, 3.05) is 0 Å². The van der Waals surface area contributed by atoms with Gasteiger partial charge in [-0.15, -0.1) is 5.54 Å². The van der Waals surface area contributed by atoms with Crippen LogP contribution in [-0.2, 0) is 0 Å². The lowest BCUT2D eigenvalue weighted by atomic mass is 10.1.